The predicted molar refractivity (Wildman–Crippen MR) is 119 cm³/mol. The van der Waals surface area contributed by atoms with Gasteiger partial charge in [-0.3, -0.25) is 9.59 Å². The molecule has 8 heteroatoms. The van der Waals surface area contributed by atoms with Crippen molar-refractivity contribution in [3.8, 4) is 11.3 Å². The van der Waals surface area contributed by atoms with E-state index in [2.05, 4.69) is 10.3 Å². The molecule has 1 aromatic carbocycles. The standard InChI is InChI=1S/C22H22ClN3O3S/c1-12-13(2)20(21(24)28)22(26-14(12)3)30-11-19(27)25-10-17-8-9-18(29-17)15-4-6-16(23)7-5-15/h4-9H,10-11H2,1-3H3,(H2,24,28)(H,25,27). The number of carbonyl (C=O) groups is 2. The lowest BCUT2D eigenvalue weighted by Crippen LogP contribution is -2.25. The number of rotatable bonds is 7. The number of hydrogen-bond acceptors (Lipinski definition) is 5. The normalized spacial score (nSPS) is 10.8. The van der Waals surface area contributed by atoms with Crippen molar-refractivity contribution in [1.29, 1.82) is 0 Å². The van der Waals surface area contributed by atoms with E-state index in [1.807, 2.05) is 45.0 Å². The monoisotopic (exact) mass is 443 g/mol. The lowest BCUT2D eigenvalue weighted by molar-refractivity contribution is -0.118. The van der Waals surface area contributed by atoms with Crippen LogP contribution in [0.5, 0.6) is 0 Å². The first-order valence-corrected chi connectivity index (χ1v) is 10.6. The summed E-state index contributed by atoms with van der Waals surface area (Å²) in [5.41, 5.74) is 9.33. The SMILES string of the molecule is Cc1nc(SCC(=O)NCc2ccc(-c3ccc(Cl)cc3)o2)c(C(N)=O)c(C)c1C. The van der Waals surface area contributed by atoms with Crippen LogP contribution >= 0.6 is 23.4 Å². The van der Waals surface area contributed by atoms with Crippen molar-refractivity contribution in [1.82, 2.24) is 10.3 Å². The molecular formula is C22H22ClN3O3S. The van der Waals surface area contributed by atoms with E-state index in [0.717, 1.165) is 22.4 Å². The average Bonchev–Trinajstić information content (AvgIpc) is 3.18. The molecule has 3 N–H and O–H groups in total. The summed E-state index contributed by atoms with van der Waals surface area (Å²) in [6.45, 7) is 5.86. The average molecular weight is 444 g/mol. The molecule has 0 radical (unpaired) electrons. The number of aryl methyl sites for hydroxylation is 1. The molecule has 3 rings (SSSR count). The van der Waals surface area contributed by atoms with Crippen molar-refractivity contribution >= 4 is 35.2 Å². The molecule has 0 atom stereocenters. The van der Waals surface area contributed by atoms with Gasteiger partial charge in [0.25, 0.3) is 5.91 Å². The number of halogens is 1. The number of carbonyl (C=O) groups excluding carboxylic acids is 2. The number of nitrogens with two attached hydrogens (primary N) is 1. The molecule has 0 spiro atoms. The second kappa shape index (κ2) is 9.36. The molecule has 0 unspecified atom stereocenters. The Morgan fingerprint density at radius 3 is 2.47 bits per heavy atom. The van der Waals surface area contributed by atoms with Crippen molar-refractivity contribution in [3.05, 3.63) is 69.6 Å². The Labute approximate surface area is 184 Å². The van der Waals surface area contributed by atoms with Gasteiger partial charge in [-0.15, -0.1) is 0 Å². The Kier molecular flexibility index (Phi) is 6.84. The van der Waals surface area contributed by atoms with E-state index >= 15 is 0 Å². The summed E-state index contributed by atoms with van der Waals surface area (Å²) in [5.74, 6) is 0.705. The van der Waals surface area contributed by atoms with Gasteiger partial charge in [-0.1, -0.05) is 23.4 Å². The van der Waals surface area contributed by atoms with Gasteiger partial charge in [0.15, 0.2) is 0 Å². The van der Waals surface area contributed by atoms with Gasteiger partial charge in [0.2, 0.25) is 5.91 Å². The molecule has 156 valence electrons. The largest absolute Gasteiger partial charge is 0.459 e. The number of furan rings is 1. The minimum atomic E-state index is -0.545. The maximum absolute atomic E-state index is 12.3. The van der Waals surface area contributed by atoms with E-state index < -0.39 is 5.91 Å². The zero-order valence-electron chi connectivity index (χ0n) is 16.9. The molecule has 30 heavy (non-hydrogen) atoms. The number of thioether (sulfide) groups is 1. The third-order valence-corrected chi connectivity index (χ3v) is 6.03. The first kappa shape index (κ1) is 21.9. The molecule has 0 bridgehead atoms. The van der Waals surface area contributed by atoms with Crippen LogP contribution < -0.4 is 11.1 Å². The van der Waals surface area contributed by atoms with Crippen molar-refractivity contribution in [2.75, 3.05) is 5.75 Å². The van der Waals surface area contributed by atoms with Gasteiger partial charge in [0.1, 0.15) is 16.5 Å². The fraction of sp³-hybridized carbons (Fsp3) is 0.227. The highest BCUT2D eigenvalue weighted by Gasteiger charge is 2.18. The third kappa shape index (κ3) is 5.04. The molecular weight excluding hydrogens is 422 g/mol. The summed E-state index contributed by atoms with van der Waals surface area (Å²) in [6, 6.07) is 11.0. The zero-order chi connectivity index (χ0) is 21.8. The highest BCUT2D eigenvalue weighted by atomic mass is 35.5. The van der Waals surface area contributed by atoms with Gasteiger partial charge in [-0.05, 0) is 68.3 Å². The number of nitrogens with one attached hydrogen (secondary N) is 1. The van der Waals surface area contributed by atoms with E-state index in [-0.39, 0.29) is 18.2 Å². The second-order valence-electron chi connectivity index (χ2n) is 6.83. The van der Waals surface area contributed by atoms with Crippen molar-refractivity contribution in [2.24, 2.45) is 5.73 Å². The molecule has 0 aliphatic carbocycles. The lowest BCUT2D eigenvalue weighted by atomic mass is 10.0. The van der Waals surface area contributed by atoms with Crippen molar-refractivity contribution in [3.63, 3.8) is 0 Å². The highest BCUT2D eigenvalue weighted by molar-refractivity contribution is 8.00. The van der Waals surface area contributed by atoms with Gasteiger partial charge in [0, 0.05) is 16.3 Å². The molecule has 2 amide bonds. The van der Waals surface area contributed by atoms with E-state index in [4.69, 9.17) is 21.8 Å². The molecule has 2 aromatic heterocycles. The van der Waals surface area contributed by atoms with Crippen molar-refractivity contribution < 1.29 is 14.0 Å². The van der Waals surface area contributed by atoms with Crippen LogP contribution in [-0.4, -0.2) is 22.6 Å². The highest BCUT2D eigenvalue weighted by Crippen LogP contribution is 2.27. The number of nitrogens with zero attached hydrogens (tertiary/aromatic N) is 1. The first-order valence-electron chi connectivity index (χ1n) is 9.28. The first-order chi connectivity index (χ1) is 14.3. The van der Waals surface area contributed by atoms with E-state index in [1.54, 1.807) is 12.1 Å². The Hall–Kier alpha value is -2.77. The van der Waals surface area contributed by atoms with Crippen LogP contribution in [0.4, 0.5) is 0 Å². The summed E-state index contributed by atoms with van der Waals surface area (Å²) in [5, 5.41) is 3.94. The summed E-state index contributed by atoms with van der Waals surface area (Å²) < 4.78 is 5.78. The smallest absolute Gasteiger partial charge is 0.251 e. The van der Waals surface area contributed by atoms with Crippen molar-refractivity contribution in [2.45, 2.75) is 32.3 Å². The number of benzene rings is 1. The lowest BCUT2D eigenvalue weighted by Gasteiger charge is -2.13. The van der Waals surface area contributed by atoms with Gasteiger partial charge >= 0.3 is 0 Å². The summed E-state index contributed by atoms with van der Waals surface area (Å²) in [7, 11) is 0. The maximum Gasteiger partial charge on any atom is 0.251 e. The van der Waals surface area contributed by atoms with Crippen LogP contribution in [0, 0.1) is 20.8 Å². The quantitative estimate of drug-likeness (QED) is 0.526. The van der Waals surface area contributed by atoms with Crippen LogP contribution in [0.1, 0.15) is 32.9 Å². The Morgan fingerprint density at radius 2 is 1.80 bits per heavy atom. The molecule has 0 saturated heterocycles. The topological polar surface area (TPSA) is 98.2 Å². The third-order valence-electron chi connectivity index (χ3n) is 4.80. The van der Waals surface area contributed by atoms with E-state index in [0.29, 0.717) is 27.1 Å². The minimum Gasteiger partial charge on any atom is -0.459 e. The Bertz CT molecular complexity index is 1090. The molecule has 0 fully saturated rings. The van der Waals surface area contributed by atoms with Gasteiger partial charge in [0.05, 0.1) is 17.9 Å². The number of hydrogen-bond donors (Lipinski definition) is 2. The Balaban J connectivity index is 1.60. The molecule has 0 aliphatic heterocycles. The fourth-order valence-corrected chi connectivity index (χ4v) is 4.01. The van der Waals surface area contributed by atoms with Gasteiger partial charge in [-0.2, -0.15) is 0 Å². The van der Waals surface area contributed by atoms with Crippen LogP contribution in [0.2, 0.25) is 5.02 Å². The second-order valence-corrected chi connectivity index (χ2v) is 8.23. The molecule has 6 nitrogen and oxygen atoms in total. The molecule has 0 saturated carbocycles. The summed E-state index contributed by atoms with van der Waals surface area (Å²) >= 11 is 7.10. The Morgan fingerprint density at radius 1 is 1.10 bits per heavy atom. The van der Waals surface area contributed by atoms with E-state index in [1.165, 1.54) is 11.8 Å². The molecule has 0 aliphatic rings. The molecule has 2 heterocycles. The molecule has 3 aromatic rings. The van der Waals surface area contributed by atoms with Crippen LogP contribution in [0.25, 0.3) is 11.3 Å². The van der Waals surface area contributed by atoms with Crippen LogP contribution in [-0.2, 0) is 11.3 Å². The number of pyridine rings is 1. The minimum absolute atomic E-state index is 0.111. The maximum atomic E-state index is 12.3. The van der Waals surface area contributed by atoms with Crippen LogP contribution in [0.15, 0.2) is 45.8 Å². The number of aromatic nitrogens is 1. The zero-order valence-corrected chi connectivity index (χ0v) is 18.5. The predicted octanol–water partition coefficient (Wildman–Crippen LogP) is 4.43. The van der Waals surface area contributed by atoms with E-state index in [9.17, 15) is 9.59 Å². The summed E-state index contributed by atoms with van der Waals surface area (Å²) in [6.07, 6.45) is 0. The van der Waals surface area contributed by atoms with Crippen LogP contribution in [0.3, 0.4) is 0 Å². The fourth-order valence-electron chi connectivity index (χ4n) is 2.92. The number of primary amides is 1. The van der Waals surface area contributed by atoms with Gasteiger partial charge < -0.3 is 15.5 Å². The van der Waals surface area contributed by atoms with Gasteiger partial charge in [-0.25, -0.2) is 4.98 Å². The summed E-state index contributed by atoms with van der Waals surface area (Å²) in [4.78, 5) is 28.6. The number of amides is 2.